The average molecular weight is 517 g/mol. The number of aromatic hydroxyl groups is 1. The molecule has 0 aromatic heterocycles. The molecule has 11 heteroatoms. The standard InChI is InChI=1S/C25H40O11/c1-14-15(12-10-8-6-4-5-7-9-11-13-26)20(23(34-3)21(33-2)16(14)27)35-25-19(30)17(28)18(29)22(36-25)24(31)32/h17-19,22,25-30H,4-13H2,1-3H3,(H,31,32)/t17-,18-,19+,22-,25?/m0/s1. The lowest BCUT2D eigenvalue weighted by Crippen LogP contribution is -2.61. The molecule has 0 radical (unpaired) electrons. The minimum atomic E-state index is -1.85. The molecular weight excluding hydrogens is 476 g/mol. The molecule has 11 nitrogen and oxygen atoms in total. The molecule has 0 spiro atoms. The number of rotatable bonds is 15. The zero-order chi connectivity index (χ0) is 26.8. The lowest BCUT2D eigenvalue weighted by molar-refractivity contribution is -0.271. The lowest BCUT2D eigenvalue weighted by atomic mass is 9.97. The van der Waals surface area contributed by atoms with Crippen LogP contribution in [0.1, 0.15) is 62.5 Å². The van der Waals surface area contributed by atoms with E-state index in [1.165, 1.54) is 14.2 Å². The number of aliphatic carboxylic acids is 1. The number of hydrogen-bond donors (Lipinski definition) is 6. The van der Waals surface area contributed by atoms with Crippen molar-refractivity contribution >= 4 is 5.97 Å². The monoisotopic (exact) mass is 516 g/mol. The van der Waals surface area contributed by atoms with Crippen LogP contribution in [-0.4, -0.2) is 88.1 Å². The van der Waals surface area contributed by atoms with Gasteiger partial charge in [-0.15, -0.1) is 0 Å². The van der Waals surface area contributed by atoms with Gasteiger partial charge in [0.1, 0.15) is 18.3 Å². The second-order valence-electron chi connectivity index (χ2n) is 9.00. The number of phenolic OH excluding ortho intramolecular Hbond substituents is 1. The number of carboxylic acids is 1. The largest absolute Gasteiger partial charge is 0.504 e. The number of aliphatic hydroxyl groups excluding tert-OH is 4. The maximum Gasteiger partial charge on any atom is 0.335 e. The van der Waals surface area contributed by atoms with Gasteiger partial charge in [0.2, 0.25) is 17.8 Å². The lowest BCUT2D eigenvalue weighted by Gasteiger charge is -2.39. The number of carboxylic acid groups (broad SMARTS) is 1. The molecule has 1 fully saturated rings. The summed E-state index contributed by atoms with van der Waals surface area (Å²) in [5, 5.41) is 59.5. The highest BCUT2D eigenvalue weighted by Gasteiger charge is 2.48. The van der Waals surface area contributed by atoms with Crippen molar-refractivity contribution in [2.24, 2.45) is 0 Å². The van der Waals surface area contributed by atoms with Crippen LogP contribution in [0.3, 0.4) is 0 Å². The Bertz CT molecular complexity index is 844. The smallest absolute Gasteiger partial charge is 0.335 e. The van der Waals surface area contributed by atoms with E-state index in [2.05, 4.69) is 0 Å². The van der Waals surface area contributed by atoms with Crippen LogP contribution in [0.4, 0.5) is 0 Å². The molecule has 1 heterocycles. The number of carbonyl (C=O) groups is 1. The summed E-state index contributed by atoms with van der Waals surface area (Å²) in [6, 6.07) is 0. The normalized spacial score (nSPS) is 23.9. The molecule has 0 bridgehead atoms. The number of benzene rings is 1. The highest BCUT2D eigenvalue weighted by Crippen LogP contribution is 2.50. The van der Waals surface area contributed by atoms with Gasteiger partial charge in [-0.2, -0.15) is 0 Å². The Labute approximate surface area is 211 Å². The van der Waals surface area contributed by atoms with Crippen LogP contribution in [0.15, 0.2) is 0 Å². The van der Waals surface area contributed by atoms with Crippen LogP contribution in [0.2, 0.25) is 0 Å². The van der Waals surface area contributed by atoms with E-state index in [0.717, 1.165) is 51.4 Å². The summed E-state index contributed by atoms with van der Waals surface area (Å²) in [6.07, 6.45) is -0.596. The number of aliphatic hydroxyl groups is 4. The fourth-order valence-electron chi connectivity index (χ4n) is 4.37. The Morgan fingerprint density at radius 2 is 1.39 bits per heavy atom. The molecule has 1 saturated heterocycles. The number of unbranched alkanes of at least 4 members (excludes halogenated alkanes) is 7. The molecule has 0 saturated carbocycles. The second-order valence-corrected chi connectivity index (χ2v) is 9.00. The molecule has 1 aromatic rings. The maximum atomic E-state index is 11.5. The van der Waals surface area contributed by atoms with Gasteiger partial charge < -0.3 is 49.6 Å². The third-order valence-electron chi connectivity index (χ3n) is 6.50. The summed E-state index contributed by atoms with van der Waals surface area (Å²) in [5.41, 5.74) is 1.03. The van der Waals surface area contributed by atoms with Crippen LogP contribution in [-0.2, 0) is 16.0 Å². The van der Waals surface area contributed by atoms with Gasteiger partial charge in [-0.1, -0.05) is 38.5 Å². The van der Waals surface area contributed by atoms with Crippen molar-refractivity contribution in [3.05, 3.63) is 11.1 Å². The number of hydrogen-bond acceptors (Lipinski definition) is 10. The first-order valence-electron chi connectivity index (χ1n) is 12.4. The van der Waals surface area contributed by atoms with Gasteiger partial charge in [0.15, 0.2) is 17.6 Å². The quantitative estimate of drug-likeness (QED) is 0.187. The molecule has 5 atom stereocenters. The Balaban J connectivity index is 2.23. The van der Waals surface area contributed by atoms with Gasteiger partial charge in [0.25, 0.3) is 0 Å². The van der Waals surface area contributed by atoms with Crippen molar-refractivity contribution in [2.75, 3.05) is 20.8 Å². The van der Waals surface area contributed by atoms with Gasteiger partial charge in [-0.05, 0) is 26.2 Å². The van der Waals surface area contributed by atoms with Crippen molar-refractivity contribution in [3.63, 3.8) is 0 Å². The second kappa shape index (κ2) is 14.4. The predicted molar refractivity (Wildman–Crippen MR) is 129 cm³/mol. The molecule has 6 N–H and O–H groups in total. The van der Waals surface area contributed by atoms with Gasteiger partial charge in [-0.25, -0.2) is 4.79 Å². The number of methoxy groups -OCH3 is 2. The van der Waals surface area contributed by atoms with E-state index >= 15 is 0 Å². The molecule has 1 aliphatic heterocycles. The van der Waals surface area contributed by atoms with E-state index in [0.29, 0.717) is 17.5 Å². The molecule has 0 aliphatic carbocycles. The van der Waals surface area contributed by atoms with Crippen molar-refractivity contribution in [1.82, 2.24) is 0 Å². The third-order valence-corrected chi connectivity index (χ3v) is 6.50. The SMILES string of the molecule is COc1c(O)c(C)c(CCCCCCCCCCO)c(OC2O[C@H](C(=O)O)[C@@H](O)[C@H](O)[C@H]2O)c1OC. The van der Waals surface area contributed by atoms with E-state index in [-0.39, 0.29) is 29.6 Å². The summed E-state index contributed by atoms with van der Waals surface area (Å²) in [5.74, 6) is -1.54. The van der Waals surface area contributed by atoms with Crippen molar-refractivity contribution in [1.29, 1.82) is 0 Å². The molecule has 0 amide bonds. The first-order valence-corrected chi connectivity index (χ1v) is 12.4. The maximum absolute atomic E-state index is 11.5. The summed E-state index contributed by atoms with van der Waals surface area (Å²) in [6.45, 7) is 1.90. The van der Waals surface area contributed by atoms with E-state index in [9.17, 15) is 30.3 Å². The van der Waals surface area contributed by atoms with Crippen molar-refractivity contribution in [3.8, 4) is 23.0 Å². The van der Waals surface area contributed by atoms with E-state index in [1.54, 1.807) is 6.92 Å². The van der Waals surface area contributed by atoms with Gasteiger partial charge in [0.05, 0.1) is 14.2 Å². The Morgan fingerprint density at radius 1 is 0.833 bits per heavy atom. The van der Waals surface area contributed by atoms with Gasteiger partial charge >= 0.3 is 5.97 Å². The number of phenols is 1. The molecule has 1 aliphatic rings. The van der Waals surface area contributed by atoms with Crippen LogP contribution < -0.4 is 14.2 Å². The molecule has 1 aromatic carbocycles. The fraction of sp³-hybridized carbons (Fsp3) is 0.720. The van der Waals surface area contributed by atoms with Crippen molar-refractivity contribution in [2.45, 2.75) is 95.4 Å². The number of ether oxygens (including phenoxy) is 4. The summed E-state index contributed by atoms with van der Waals surface area (Å²) in [4.78, 5) is 11.5. The molecule has 206 valence electrons. The molecular formula is C25H40O11. The minimum Gasteiger partial charge on any atom is -0.504 e. The molecule has 2 rings (SSSR count). The summed E-state index contributed by atoms with van der Waals surface area (Å²) in [7, 11) is 2.68. The van der Waals surface area contributed by atoms with E-state index in [4.69, 9.17) is 24.1 Å². The van der Waals surface area contributed by atoms with Crippen molar-refractivity contribution < 1.29 is 54.4 Å². The highest BCUT2D eigenvalue weighted by molar-refractivity contribution is 5.73. The highest BCUT2D eigenvalue weighted by atomic mass is 16.7. The van der Waals surface area contributed by atoms with Crippen LogP contribution >= 0.6 is 0 Å². The zero-order valence-electron chi connectivity index (χ0n) is 21.2. The van der Waals surface area contributed by atoms with Gasteiger partial charge in [0, 0.05) is 17.7 Å². The Morgan fingerprint density at radius 3 is 1.92 bits per heavy atom. The topological polar surface area (TPSA) is 175 Å². The first-order chi connectivity index (χ1) is 17.2. The van der Waals surface area contributed by atoms with E-state index < -0.39 is 36.7 Å². The Kier molecular flexibility index (Phi) is 12.0. The van der Waals surface area contributed by atoms with Gasteiger partial charge in [-0.3, -0.25) is 0 Å². The van der Waals surface area contributed by atoms with E-state index in [1.807, 2.05) is 0 Å². The average Bonchev–Trinajstić information content (AvgIpc) is 2.86. The van der Waals surface area contributed by atoms with Crippen LogP contribution in [0, 0.1) is 6.92 Å². The first kappa shape index (κ1) is 29.9. The summed E-state index contributed by atoms with van der Waals surface area (Å²) < 4.78 is 21.9. The minimum absolute atomic E-state index is 0.00250. The van der Waals surface area contributed by atoms with Crippen LogP contribution in [0.5, 0.6) is 23.0 Å². The predicted octanol–water partition coefficient (Wildman–Crippen LogP) is 1.64. The summed E-state index contributed by atoms with van der Waals surface area (Å²) >= 11 is 0. The third kappa shape index (κ3) is 7.13. The molecule has 1 unspecified atom stereocenters. The molecule has 36 heavy (non-hydrogen) atoms. The Hall–Kier alpha value is -2.31. The zero-order valence-corrected chi connectivity index (χ0v) is 21.2. The van der Waals surface area contributed by atoms with Crippen LogP contribution in [0.25, 0.3) is 0 Å². The fourth-order valence-corrected chi connectivity index (χ4v) is 4.37.